The molecule has 5 aromatic carbocycles. The standard InChI is InChI=1S/C17H22ClNO.C16H24N2.C14H19NO.C14H18O2.C14H20O/c1-11(2)17(12(3)4)13(5)10-16(20)19(17)15-8-6-14(18)7-9-15;1-12(2)16(13(3)4)14(5)17-11-18(16)15-9-7-6-8-10-15;1-9(2)14(10(3)4)12-8-6-5-7-11(12)13(16)15-14;1-9(2)14(10(3)4)12-8-6-5-7-11(12)13(15)16-14;1-10(2)14(11(3)4)13-8-6-5-7-12(13)9-15-14/h6-9,11-12H,5,10H2,1-4H3;6-10,12-13,17H,5,11H2,1-4H3;5-10H,1-4H3,(H,15,16);5-10H,1-4H3;5-8,10-11H,9H2,1-4H3. The summed E-state index contributed by atoms with van der Waals surface area (Å²) >= 11 is 5.96. The van der Waals surface area contributed by atoms with Crippen molar-refractivity contribution in [3.8, 4) is 0 Å². The van der Waals surface area contributed by atoms with Gasteiger partial charge in [-0.2, -0.15) is 0 Å². The third-order valence-corrected chi connectivity index (χ3v) is 19.8. The Bertz CT molecular complexity index is 2990. The van der Waals surface area contributed by atoms with E-state index in [1.54, 1.807) is 0 Å². The fourth-order valence-corrected chi connectivity index (χ4v) is 16.0. The van der Waals surface area contributed by atoms with Gasteiger partial charge in [-0.25, -0.2) is 4.79 Å². The van der Waals surface area contributed by atoms with Crippen molar-refractivity contribution in [2.24, 2.45) is 59.2 Å². The van der Waals surface area contributed by atoms with Gasteiger partial charge in [-0.3, -0.25) is 9.59 Å². The summed E-state index contributed by atoms with van der Waals surface area (Å²) in [5, 5.41) is 7.33. The number of ether oxygens (including phenoxy) is 2. The van der Waals surface area contributed by atoms with Crippen molar-refractivity contribution >= 4 is 40.8 Å². The van der Waals surface area contributed by atoms with Crippen LogP contribution in [-0.4, -0.2) is 35.5 Å². The number of cyclic esters (lactones) is 1. The van der Waals surface area contributed by atoms with E-state index in [4.69, 9.17) is 21.1 Å². The minimum atomic E-state index is -0.451. The molecule has 5 aliphatic heterocycles. The van der Waals surface area contributed by atoms with E-state index in [0.717, 1.165) is 52.5 Å². The number of rotatable bonds is 12. The SMILES string of the molecule is C=C1CC(=O)N(c2ccc(Cl)cc2)C1(C(C)C)C(C)C.C=C1NCN(c2ccccc2)C1(C(C)C)C(C)C.CC(C)C1(C(C)C)NC(=O)c2ccccc21.CC(C)C1(C(C)C)OC(=O)c2ccccc21.CC(C)C1(C(C)C)OCc2ccccc21. The first kappa shape index (κ1) is 68.0. The van der Waals surface area contributed by atoms with Crippen molar-refractivity contribution in [2.45, 2.75) is 179 Å². The van der Waals surface area contributed by atoms with Crippen LogP contribution in [-0.2, 0) is 37.6 Å². The number of para-hydroxylation sites is 1. The van der Waals surface area contributed by atoms with Gasteiger partial charge in [0.15, 0.2) is 0 Å². The molecule has 10 heteroatoms. The van der Waals surface area contributed by atoms with Crippen molar-refractivity contribution in [1.29, 1.82) is 0 Å². The lowest BCUT2D eigenvalue weighted by Crippen LogP contribution is -2.54. The molecular formula is C75H103ClN4O5. The van der Waals surface area contributed by atoms with E-state index in [2.05, 4.69) is 228 Å². The Morgan fingerprint density at radius 1 is 0.482 bits per heavy atom. The van der Waals surface area contributed by atoms with Crippen LogP contribution < -0.4 is 20.4 Å². The van der Waals surface area contributed by atoms with Gasteiger partial charge >= 0.3 is 5.97 Å². The van der Waals surface area contributed by atoms with Crippen molar-refractivity contribution in [3.63, 3.8) is 0 Å². The molecule has 2 saturated heterocycles. The maximum absolute atomic E-state index is 12.5. The summed E-state index contributed by atoms with van der Waals surface area (Å²) in [7, 11) is 0. The molecule has 0 radical (unpaired) electrons. The molecule has 2 N–H and O–H groups in total. The molecule has 0 atom stereocenters. The third kappa shape index (κ3) is 12.2. The monoisotopic (exact) mass is 1170 g/mol. The van der Waals surface area contributed by atoms with E-state index >= 15 is 0 Å². The fraction of sp³-hybridized carbons (Fsp3) is 0.507. The van der Waals surface area contributed by atoms with Gasteiger partial charge in [0.05, 0.1) is 47.5 Å². The van der Waals surface area contributed by atoms with Crippen LogP contribution >= 0.6 is 11.6 Å². The molecule has 9 nitrogen and oxygen atoms in total. The third-order valence-electron chi connectivity index (χ3n) is 19.5. The maximum atomic E-state index is 12.5. The normalized spacial score (nSPS) is 18.2. The minimum absolute atomic E-state index is 0.00134. The number of benzene rings is 5. The van der Waals surface area contributed by atoms with Crippen LogP contribution in [0.15, 0.2) is 152 Å². The molecule has 460 valence electrons. The molecule has 5 heterocycles. The molecule has 2 fully saturated rings. The molecular weight excluding hydrogens is 1070 g/mol. The lowest BCUT2D eigenvalue weighted by Gasteiger charge is -2.46. The number of fused-ring (bicyclic) bond motifs is 3. The zero-order valence-corrected chi connectivity index (χ0v) is 56.0. The maximum Gasteiger partial charge on any atom is 0.339 e. The summed E-state index contributed by atoms with van der Waals surface area (Å²) in [4.78, 5) is 40.8. The molecule has 5 aliphatic rings. The highest BCUT2D eigenvalue weighted by Crippen LogP contribution is 2.51. The number of anilines is 2. The topological polar surface area (TPSA) is 100 Å². The second kappa shape index (κ2) is 27.3. The Morgan fingerprint density at radius 2 is 0.941 bits per heavy atom. The van der Waals surface area contributed by atoms with Crippen molar-refractivity contribution in [1.82, 2.24) is 10.6 Å². The lowest BCUT2D eigenvalue weighted by molar-refractivity contribution is -0.117. The van der Waals surface area contributed by atoms with Crippen LogP contribution in [0.3, 0.4) is 0 Å². The Morgan fingerprint density at radius 3 is 1.44 bits per heavy atom. The molecule has 2 amide bonds. The Balaban J connectivity index is 0.000000171. The zero-order valence-electron chi connectivity index (χ0n) is 55.2. The molecule has 0 unspecified atom stereocenters. The second-order valence-electron chi connectivity index (χ2n) is 27.1. The van der Waals surface area contributed by atoms with Gasteiger partial charge in [0.2, 0.25) is 5.91 Å². The summed E-state index contributed by atoms with van der Waals surface area (Å²) in [6.07, 6.45) is 0.430. The summed E-state index contributed by atoms with van der Waals surface area (Å²) in [5.41, 5.74) is 9.83. The van der Waals surface area contributed by atoms with Crippen LogP contribution in [0.1, 0.15) is 188 Å². The van der Waals surface area contributed by atoms with Crippen LogP contribution in [0, 0.1) is 59.2 Å². The van der Waals surface area contributed by atoms with E-state index in [1.807, 2.05) is 71.6 Å². The number of carbonyl (C=O) groups is 3. The highest BCUT2D eigenvalue weighted by Gasteiger charge is 2.54. The first-order valence-electron chi connectivity index (χ1n) is 31.4. The van der Waals surface area contributed by atoms with Gasteiger partial charge in [-0.1, -0.05) is 242 Å². The average Bonchev–Trinajstić information content (AvgIpc) is 1.80. The predicted octanol–water partition coefficient (Wildman–Crippen LogP) is 18.3. The first-order valence-corrected chi connectivity index (χ1v) is 31.8. The number of nitrogens with zero attached hydrogens (tertiary/aromatic N) is 2. The lowest BCUT2D eigenvalue weighted by atomic mass is 9.72. The summed E-state index contributed by atoms with van der Waals surface area (Å²) < 4.78 is 11.8. The summed E-state index contributed by atoms with van der Waals surface area (Å²) in [6, 6.07) is 42.4. The number of esters is 1. The number of hydrogen-bond acceptors (Lipinski definition) is 7. The predicted molar refractivity (Wildman–Crippen MR) is 355 cm³/mol. The van der Waals surface area contributed by atoms with Crippen LogP contribution in [0.2, 0.25) is 5.02 Å². The van der Waals surface area contributed by atoms with Gasteiger partial charge in [-0.15, -0.1) is 0 Å². The van der Waals surface area contributed by atoms with Crippen LogP contribution in [0.4, 0.5) is 11.4 Å². The summed E-state index contributed by atoms with van der Waals surface area (Å²) in [6.45, 7) is 54.0. The number of carbonyl (C=O) groups excluding carboxylic acids is 3. The fourth-order valence-electron chi connectivity index (χ4n) is 15.9. The number of amides is 2. The molecule has 5 aromatic rings. The highest BCUT2D eigenvalue weighted by atomic mass is 35.5. The van der Waals surface area contributed by atoms with E-state index < -0.39 is 5.60 Å². The van der Waals surface area contributed by atoms with E-state index in [9.17, 15) is 14.4 Å². The first-order chi connectivity index (χ1) is 39.9. The van der Waals surface area contributed by atoms with Crippen molar-refractivity contribution in [2.75, 3.05) is 16.5 Å². The molecule has 85 heavy (non-hydrogen) atoms. The molecule has 0 spiro atoms. The van der Waals surface area contributed by atoms with E-state index in [-0.39, 0.29) is 51.8 Å². The highest BCUT2D eigenvalue weighted by molar-refractivity contribution is 6.30. The minimum Gasteiger partial charge on any atom is -0.450 e. The van der Waals surface area contributed by atoms with E-state index in [1.165, 1.54) is 16.8 Å². The number of halogens is 1. The molecule has 0 bridgehead atoms. The zero-order chi connectivity index (χ0) is 63.3. The van der Waals surface area contributed by atoms with Gasteiger partial charge in [0.1, 0.15) is 5.60 Å². The Hall–Kier alpha value is -6.16. The van der Waals surface area contributed by atoms with Gasteiger partial charge in [0, 0.05) is 33.2 Å². The second-order valence-corrected chi connectivity index (χ2v) is 27.5. The molecule has 0 saturated carbocycles. The quantitative estimate of drug-likeness (QED) is 0.0948. The number of nitrogens with one attached hydrogen (secondary N) is 2. The largest absolute Gasteiger partial charge is 0.450 e. The van der Waals surface area contributed by atoms with Gasteiger partial charge < -0.3 is 29.9 Å². The summed E-state index contributed by atoms with van der Waals surface area (Å²) in [5.74, 6) is 4.01. The molecule has 0 aromatic heterocycles. The molecule has 0 aliphatic carbocycles. The Kier molecular flexibility index (Phi) is 21.8. The van der Waals surface area contributed by atoms with Crippen LogP contribution in [0.25, 0.3) is 0 Å². The number of hydrogen-bond donors (Lipinski definition) is 2. The van der Waals surface area contributed by atoms with Crippen molar-refractivity contribution < 1.29 is 23.9 Å². The van der Waals surface area contributed by atoms with Crippen LogP contribution in [0.5, 0.6) is 0 Å². The Labute approximate surface area is 517 Å². The van der Waals surface area contributed by atoms with E-state index in [0.29, 0.717) is 58.8 Å². The molecule has 10 rings (SSSR count). The van der Waals surface area contributed by atoms with Gasteiger partial charge in [0.25, 0.3) is 5.91 Å². The average molecular weight is 1180 g/mol. The van der Waals surface area contributed by atoms with Gasteiger partial charge in [-0.05, 0) is 130 Å². The van der Waals surface area contributed by atoms with Crippen molar-refractivity contribution in [3.05, 3.63) is 190 Å². The smallest absolute Gasteiger partial charge is 0.339 e.